The van der Waals surface area contributed by atoms with Gasteiger partial charge in [-0.15, -0.1) is 0 Å². The number of rotatable bonds is 4. The summed E-state index contributed by atoms with van der Waals surface area (Å²) in [6.07, 6.45) is 9.09. The molecule has 5 aliphatic carbocycles. The van der Waals surface area contributed by atoms with Gasteiger partial charge >= 0.3 is 0 Å². The summed E-state index contributed by atoms with van der Waals surface area (Å²) in [5.74, 6) is 1.72. The number of hydrogen-bond acceptors (Lipinski definition) is 4. The lowest BCUT2D eigenvalue weighted by Crippen LogP contribution is -2.55. The zero-order valence-electron chi connectivity index (χ0n) is 17.3. The van der Waals surface area contributed by atoms with E-state index in [-0.39, 0.29) is 33.9 Å². The van der Waals surface area contributed by atoms with Crippen LogP contribution in [-0.4, -0.2) is 36.6 Å². The van der Waals surface area contributed by atoms with Gasteiger partial charge < -0.3 is 5.32 Å². The highest BCUT2D eigenvalue weighted by atomic mass is 32.2. The molecule has 160 valence electrons. The van der Waals surface area contributed by atoms with Crippen LogP contribution >= 0.6 is 0 Å². The van der Waals surface area contributed by atoms with Crippen LogP contribution in [0, 0.1) is 23.2 Å². The maximum absolute atomic E-state index is 13.1. The molecule has 1 unspecified atom stereocenters. The van der Waals surface area contributed by atoms with Crippen LogP contribution in [0.15, 0.2) is 23.1 Å². The summed E-state index contributed by atoms with van der Waals surface area (Å²) in [7, 11) is -3.85. The number of carbonyl (C=O) groups is 2. The van der Waals surface area contributed by atoms with E-state index < -0.39 is 15.9 Å². The average Bonchev–Trinajstić information content (AvgIpc) is 3.48. The Hall–Kier alpha value is -1.89. The summed E-state index contributed by atoms with van der Waals surface area (Å²) >= 11 is 0. The Morgan fingerprint density at radius 3 is 2.27 bits per heavy atom. The largest absolute Gasteiger partial charge is 0.349 e. The van der Waals surface area contributed by atoms with Crippen molar-refractivity contribution in [1.82, 2.24) is 9.62 Å². The van der Waals surface area contributed by atoms with E-state index in [0.29, 0.717) is 5.56 Å². The lowest BCUT2D eigenvalue weighted by molar-refractivity contribution is -0.0688. The fraction of sp³-hybridized carbons (Fsp3) is 0.652. The van der Waals surface area contributed by atoms with E-state index in [1.54, 1.807) is 6.07 Å². The minimum absolute atomic E-state index is 0.0190. The van der Waals surface area contributed by atoms with Crippen molar-refractivity contribution in [1.29, 1.82) is 0 Å². The highest BCUT2D eigenvalue weighted by molar-refractivity contribution is 7.90. The van der Waals surface area contributed by atoms with Gasteiger partial charge in [-0.05, 0) is 99.7 Å². The van der Waals surface area contributed by atoms with Crippen molar-refractivity contribution in [3.8, 4) is 0 Å². The topological polar surface area (TPSA) is 83.6 Å². The maximum atomic E-state index is 13.1. The SMILES string of the molecule is CC(NC(=O)c1ccc2c(c1)S(=O)(=O)N(C1CC1)C2=O)C12CC3CC(CC(C3)C1)C2. The van der Waals surface area contributed by atoms with Crippen molar-refractivity contribution in [2.45, 2.75) is 75.3 Å². The lowest BCUT2D eigenvalue weighted by atomic mass is 9.48. The molecule has 1 aromatic rings. The van der Waals surface area contributed by atoms with Crippen molar-refractivity contribution >= 4 is 21.8 Å². The third kappa shape index (κ3) is 2.63. The Balaban J connectivity index is 1.25. The number of carbonyl (C=O) groups excluding carboxylic acids is 2. The first-order valence-corrected chi connectivity index (χ1v) is 12.7. The monoisotopic (exact) mass is 428 g/mol. The van der Waals surface area contributed by atoms with Gasteiger partial charge in [0.15, 0.2) is 0 Å². The van der Waals surface area contributed by atoms with E-state index in [4.69, 9.17) is 0 Å². The zero-order chi connectivity index (χ0) is 20.8. The molecule has 0 saturated heterocycles. The first-order valence-electron chi connectivity index (χ1n) is 11.3. The molecule has 5 saturated carbocycles. The van der Waals surface area contributed by atoms with E-state index in [0.717, 1.165) is 34.9 Å². The highest BCUT2D eigenvalue weighted by Gasteiger charge is 2.53. The second-order valence-electron chi connectivity index (χ2n) is 10.5. The number of hydrogen-bond donors (Lipinski definition) is 1. The Kier molecular flexibility index (Phi) is 3.82. The minimum atomic E-state index is -3.85. The molecule has 0 radical (unpaired) electrons. The molecule has 2 amide bonds. The molecule has 6 nitrogen and oxygen atoms in total. The van der Waals surface area contributed by atoms with Gasteiger partial charge in [0.25, 0.3) is 21.8 Å². The molecule has 1 aromatic carbocycles. The molecular formula is C23H28N2O4S. The Morgan fingerprint density at radius 2 is 1.70 bits per heavy atom. The van der Waals surface area contributed by atoms with Gasteiger partial charge in [-0.2, -0.15) is 0 Å². The number of nitrogens with one attached hydrogen (secondary N) is 1. The molecule has 1 atom stereocenters. The summed E-state index contributed by atoms with van der Waals surface area (Å²) < 4.78 is 26.8. The van der Waals surface area contributed by atoms with Crippen LogP contribution < -0.4 is 5.32 Å². The summed E-state index contributed by atoms with van der Waals surface area (Å²) in [6.45, 7) is 2.12. The summed E-state index contributed by atoms with van der Waals surface area (Å²) in [5, 5.41) is 3.20. The van der Waals surface area contributed by atoms with Crippen molar-refractivity contribution in [2.24, 2.45) is 23.2 Å². The number of fused-ring (bicyclic) bond motifs is 1. The molecule has 1 heterocycles. The van der Waals surface area contributed by atoms with Crippen LogP contribution in [-0.2, 0) is 10.0 Å². The van der Waals surface area contributed by atoms with Crippen molar-refractivity contribution in [2.75, 3.05) is 0 Å². The number of amides is 2. The molecular weight excluding hydrogens is 400 g/mol. The second-order valence-corrected chi connectivity index (χ2v) is 12.3. The molecule has 7 rings (SSSR count). The first-order chi connectivity index (χ1) is 14.3. The van der Waals surface area contributed by atoms with Gasteiger partial charge in [0.05, 0.1) is 5.56 Å². The van der Waals surface area contributed by atoms with E-state index in [1.807, 2.05) is 0 Å². The molecule has 1 N–H and O–H groups in total. The standard InChI is InChI=1S/C23H28N2O4S/c1-13(23-10-14-6-15(11-23)8-16(7-14)12-23)24-21(26)17-2-5-19-20(9-17)30(28,29)25(22(19)27)18-3-4-18/h2,5,9,13-16,18H,3-4,6-8,10-12H2,1H3,(H,24,26). The predicted octanol–water partition coefficient (Wildman–Crippen LogP) is 3.33. The molecule has 7 heteroatoms. The quantitative estimate of drug-likeness (QED) is 0.797. The molecule has 1 aliphatic heterocycles. The lowest BCUT2D eigenvalue weighted by Gasteiger charge is -2.59. The Labute approximate surface area is 177 Å². The van der Waals surface area contributed by atoms with Crippen LogP contribution in [0.25, 0.3) is 0 Å². The van der Waals surface area contributed by atoms with E-state index in [2.05, 4.69) is 12.2 Å². The van der Waals surface area contributed by atoms with Crippen LogP contribution in [0.5, 0.6) is 0 Å². The normalized spacial score (nSPS) is 36.6. The number of nitrogens with zero attached hydrogens (tertiary/aromatic N) is 1. The summed E-state index contributed by atoms with van der Waals surface area (Å²) in [4.78, 5) is 25.6. The summed E-state index contributed by atoms with van der Waals surface area (Å²) in [5.41, 5.74) is 0.693. The van der Waals surface area contributed by atoms with Gasteiger partial charge in [0, 0.05) is 17.6 Å². The smallest absolute Gasteiger partial charge is 0.269 e. The Morgan fingerprint density at radius 1 is 1.10 bits per heavy atom. The maximum Gasteiger partial charge on any atom is 0.269 e. The van der Waals surface area contributed by atoms with Crippen molar-refractivity contribution in [3.05, 3.63) is 29.3 Å². The van der Waals surface area contributed by atoms with E-state index in [9.17, 15) is 18.0 Å². The van der Waals surface area contributed by atoms with Crippen LogP contribution in [0.2, 0.25) is 0 Å². The van der Waals surface area contributed by atoms with Gasteiger partial charge in [-0.1, -0.05) is 0 Å². The molecule has 0 spiro atoms. The van der Waals surface area contributed by atoms with E-state index in [1.165, 1.54) is 50.7 Å². The Bertz CT molecular complexity index is 1020. The minimum Gasteiger partial charge on any atom is -0.349 e. The fourth-order valence-electron chi connectivity index (χ4n) is 7.20. The average molecular weight is 429 g/mol. The fourth-order valence-corrected chi connectivity index (χ4v) is 9.04. The number of benzene rings is 1. The second kappa shape index (κ2) is 6.09. The molecule has 30 heavy (non-hydrogen) atoms. The van der Waals surface area contributed by atoms with Crippen molar-refractivity contribution < 1.29 is 18.0 Å². The molecule has 6 aliphatic rings. The van der Waals surface area contributed by atoms with Crippen LogP contribution in [0.1, 0.15) is 79.0 Å². The highest BCUT2D eigenvalue weighted by Crippen LogP contribution is 2.61. The van der Waals surface area contributed by atoms with Gasteiger partial charge in [0.1, 0.15) is 4.90 Å². The third-order valence-corrected chi connectivity index (χ3v) is 10.3. The molecule has 5 fully saturated rings. The number of sulfonamides is 1. The van der Waals surface area contributed by atoms with Crippen LogP contribution in [0.4, 0.5) is 0 Å². The third-order valence-electron chi connectivity index (χ3n) is 8.44. The van der Waals surface area contributed by atoms with Gasteiger partial charge in [-0.25, -0.2) is 12.7 Å². The predicted molar refractivity (Wildman–Crippen MR) is 110 cm³/mol. The first kappa shape index (κ1) is 18.8. The van der Waals surface area contributed by atoms with Gasteiger partial charge in [-0.3, -0.25) is 9.59 Å². The molecule has 4 bridgehead atoms. The molecule has 0 aromatic heterocycles. The van der Waals surface area contributed by atoms with Crippen molar-refractivity contribution in [3.63, 3.8) is 0 Å². The van der Waals surface area contributed by atoms with Crippen LogP contribution in [0.3, 0.4) is 0 Å². The van der Waals surface area contributed by atoms with E-state index >= 15 is 0 Å². The zero-order valence-corrected chi connectivity index (χ0v) is 18.1. The van der Waals surface area contributed by atoms with Gasteiger partial charge in [0.2, 0.25) is 0 Å². The summed E-state index contributed by atoms with van der Waals surface area (Å²) in [6, 6.07) is 4.33.